The summed E-state index contributed by atoms with van der Waals surface area (Å²) in [7, 11) is 0. The van der Waals surface area contributed by atoms with Crippen LogP contribution in [0.4, 0.5) is 5.69 Å². The molecule has 0 aromatic heterocycles. The van der Waals surface area contributed by atoms with Crippen molar-refractivity contribution in [3.05, 3.63) is 22.2 Å². The number of benzene rings is 1. The van der Waals surface area contributed by atoms with Crippen molar-refractivity contribution < 1.29 is 19.7 Å². The summed E-state index contributed by atoms with van der Waals surface area (Å²) in [6, 6.07) is 1.82. The Labute approximate surface area is 184 Å². The van der Waals surface area contributed by atoms with Crippen molar-refractivity contribution in [2.45, 2.75) is 70.6 Å². The summed E-state index contributed by atoms with van der Waals surface area (Å²) < 4.78 is 0. The Morgan fingerprint density at radius 3 is 2.63 bits per heavy atom. The molecule has 0 aliphatic carbocycles. The van der Waals surface area contributed by atoms with Gasteiger partial charge in [0.15, 0.2) is 5.75 Å². The number of rotatable bonds is 10. The predicted octanol–water partition coefficient (Wildman–Crippen LogP) is 5.03. The molecule has 0 amide bonds. The third kappa shape index (κ3) is 5.80. The highest BCUT2D eigenvalue weighted by Gasteiger charge is 2.35. The van der Waals surface area contributed by atoms with Gasteiger partial charge in [-0.2, -0.15) is 4.89 Å². The Balaban J connectivity index is 1.56. The molecule has 7 heteroatoms. The van der Waals surface area contributed by atoms with E-state index in [0.717, 1.165) is 37.9 Å². The topological polar surface area (TPSA) is 85.0 Å². The van der Waals surface area contributed by atoms with E-state index < -0.39 is 11.9 Å². The molecule has 0 radical (unpaired) electrons. The quantitative estimate of drug-likeness (QED) is 0.303. The van der Waals surface area contributed by atoms with E-state index in [-0.39, 0.29) is 18.0 Å². The van der Waals surface area contributed by atoms with E-state index in [1.807, 2.05) is 6.07 Å². The Bertz CT molecular complexity index is 720. The molecular formula is C23H35ClN2O4. The number of hydrogen-bond acceptors (Lipinski definition) is 5. The standard InChI is InChI=1S/C23H35ClN2O4/c1-2-3-4-5-6-7-10-26-11-8-16(9-12-26)13-17-14-19(24)21(25)22-20(17)18(23(27)28)15-29-30-22/h14,16,18H,2-13,15,25H2,1H3,(H,27,28). The number of likely N-dealkylation sites (tertiary alicyclic amines) is 1. The second-order valence-corrected chi connectivity index (χ2v) is 9.10. The van der Waals surface area contributed by atoms with Crippen molar-refractivity contribution in [3.8, 4) is 5.75 Å². The summed E-state index contributed by atoms with van der Waals surface area (Å²) in [5.74, 6) is -0.934. The lowest BCUT2D eigenvalue weighted by Gasteiger charge is -2.33. The molecule has 1 aromatic carbocycles. The van der Waals surface area contributed by atoms with Crippen LogP contribution in [0.5, 0.6) is 5.75 Å². The fourth-order valence-corrected chi connectivity index (χ4v) is 4.85. The summed E-state index contributed by atoms with van der Waals surface area (Å²) in [5.41, 5.74) is 7.83. The zero-order valence-corrected chi connectivity index (χ0v) is 18.8. The molecule has 3 rings (SSSR count). The monoisotopic (exact) mass is 438 g/mol. The number of hydrogen-bond donors (Lipinski definition) is 2. The van der Waals surface area contributed by atoms with Gasteiger partial charge in [-0.15, -0.1) is 0 Å². The van der Waals surface area contributed by atoms with Gasteiger partial charge in [-0.05, 0) is 62.9 Å². The summed E-state index contributed by atoms with van der Waals surface area (Å²) >= 11 is 6.31. The first kappa shape index (κ1) is 23.2. The van der Waals surface area contributed by atoms with E-state index in [1.54, 1.807) is 0 Å². The number of carboxylic acid groups (broad SMARTS) is 1. The summed E-state index contributed by atoms with van der Waals surface area (Å²) in [6.07, 6.45) is 11.0. The third-order valence-electron chi connectivity index (χ3n) is 6.46. The van der Waals surface area contributed by atoms with Crippen LogP contribution in [-0.4, -0.2) is 42.2 Å². The van der Waals surface area contributed by atoms with Crippen LogP contribution in [-0.2, 0) is 16.1 Å². The number of fused-ring (bicyclic) bond motifs is 1. The highest BCUT2D eigenvalue weighted by Crippen LogP contribution is 2.44. The van der Waals surface area contributed by atoms with Gasteiger partial charge in [-0.1, -0.05) is 50.6 Å². The summed E-state index contributed by atoms with van der Waals surface area (Å²) in [4.78, 5) is 24.6. The SMILES string of the molecule is CCCCCCCCN1CCC(Cc2cc(Cl)c(N)c3c2C(C(=O)O)COO3)CC1. The number of nitrogens with zero attached hydrogens (tertiary/aromatic N) is 1. The van der Waals surface area contributed by atoms with E-state index >= 15 is 0 Å². The molecule has 0 saturated carbocycles. The maximum Gasteiger partial charge on any atom is 0.313 e. The smallest absolute Gasteiger partial charge is 0.313 e. The predicted molar refractivity (Wildman–Crippen MR) is 119 cm³/mol. The summed E-state index contributed by atoms with van der Waals surface area (Å²) in [5, 5.41) is 10.0. The number of nitrogens with two attached hydrogens (primary N) is 1. The first-order valence-electron chi connectivity index (χ1n) is 11.4. The van der Waals surface area contributed by atoms with Crippen molar-refractivity contribution in [1.82, 2.24) is 4.90 Å². The van der Waals surface area contributed by atoms with Gasteiger partial charge in [0.05, 0.1) is 10.7 Å². The van der Waals surface area contributed by atoms with E-state index in [0.29, 0.717) is 16.5 Å². The first-order chi connectivity index (χ1) is 14.5. The molecule has 30 heavy (non-hydrogen) atoms. The number of nitrogen functional groups attached to an aromatic ring is 1. The Morgan fingerprint density at radius 1 is 1.23 bits per heavy atom. The van der Waals surface area contributed by atoms with Gasteiger partial charge in [0.25, 0.3) is 0 Å². The number of carbonyl (C=O) groups is 1. The third-order valence-corrected chi connectivity index (χ3v) is 6.77. The number of piperidine rings is 1. The van der Waals surface area contributed by atoms with E-state index in [2.05, 4.69) is 11.8 Å². The van der Waals surface area contributed by atoms with Crippen molar-refractivity contribution in [3.63, 3.8) is 0 Å². The number of unbranched alkanes of at least 4 members (excludes halogenated alkanes) is 5. The molecule has 2 aliphatic heterocycles. The summed E-state index contributed by atoms with van der Waals surface area (Å²) in [6.45, 7) is 5.63. The van der Waals surface area contributed by atoms with Crippen LogP contribution in [0.2, 0.25) is 5.02 Å². The minimum Gasteiger partial charge on any atom is -0.481 e. The van der Waals surface area contributed by atoms with Crippen LogP contribution in [0.15, 0.2) is 6.07 Å². The molecule has 1 atom stereocenters. The van der Waals surface area contributed by atoms with E-state index in [9.17, 15) is 9.90 Å². The van der Waals surface area contributed by atoms with Crippen LogP contribution in [0.3, 0.4) is 0 Å². The number of anilines is 1. The van der Waals surface area contributed by atoms with Gasteiger partial charge < -0.3 is 20.6 Å². The fraction of sp³-hybridized carbons (Fsp3) is 0.696. The van der Waals surface area contributed by atoms with Gasteiger partial charge in [-0.3, -0.25) is 4.79 Å². The van der Waals surface area contributed by atoms with Gasteiger partial charge in [0.1, 0.15) is 12.5 Å². The second kappa shape index (κ2) is 11.2. The first-order valence-corrected chi connectivity index (χ1v) is 11.7. The minimum absolute atomic E-state index is 0.0207. The Hall–Kier alpha value is -1.50. The van der Waals surface area contributed by atoms with Gasteiger partial charge in [0, 0.05) is 5.56 Å². The second-order valence-electron chi connectivity index (χ2n) is 8.69. The molecule has 2 aliphatic rings. The van der Waals surface area contributed by atoms with Crippen molar-refractivity contribution in [2.24, 2.45) is 5.92 Å². The van der Waals surface area contributed by atoms with E-state index in [1.165, 1.54) is 45.1 Å². The molecule has 6 nitrogen and oxygen atoms in total. The minimum atomic E-state index is -0.934. The maximum absolute atomic E-state index is 11.8. The molecule has 1 fully saturated rings. The van der Waals surface area contributed by atoms with Crippen LogP contribution >= 0.6 is 11.6 Å². The zero-order valence-electron chi connectivity index (χ0n) is 18.0. The number of halogens is 1. The average Bonchev–Trinajstić information content (AvgIpc) is 2.75. The highest BCUT2D eigenvalue weighted by molar-refractivity contribution is 6.33. The Morgan fingerprint density at radius 2 is 1.93 bits per heavy atom. The van der Waals surface area contributed by atoms with Gasteiger partial charge in [0.2, 0.25) is 0 Å². The van der Waals surface area contributed by atoms with Crippen LogP contribution in [0.1, 0.15) is 75.3 Å². The molecule has 1 unspecified atom stereocenters. The normalized spacial score (nSPS) is 20.0. The highest BCUT2D eigenvalue weighted by atomic mass is 35.5. The molecule has 1 saturated heterocycles. The lowest BCUT2D eigenvalue weighted by Crippen LogP contribution is -2.35. The fourth-order valence-electron chi connectivity index (χ4n) is 4.63. The van der Waals surface area contributed by atoms with Crippen LogP contribution in [0.25, 0.3) is 0 Å². The van der Waals surface area contributed by atoms with Gasteiger partial charge >= 0.3 is 5.97 Å². The maximum atomic E-state index is 11.8. The molecule has 168 valence electrons. The van der Waals surface area contributed by atoms with Crippen LogP contribution < -0.4 is 10.6 Å². The van der Waals surface area contributed by atoms with Crippen LogP contribution in [0, 0.1) is 5.92 Å². The molecule has 0 bridgehead atoms. The number of carboxylic acids is 1. The lowest BCUT2D eigenvalue weighted by molar-refractivity contribution is -0.222. The van der Waals surface area contributed by atoms with E-state index in [4.69, 9.17) is 27.1 Å². The van der Waals surface area contributed by atoms with Crippen molar-refractivity contribution in [2.75, 3.05) is 32.0 Å². The Kier molecular flexibility index (Phi) is 8.66. The molecular weight excluding hydrogens is 404 g/mol. The molecule has 1 aromatic rings. The van der Waals surface area contributed by atoms with Crippen molar-refractivity contribution >= 4 is 23.3 Å². The van der Waals surface area contributed by atoms with Gasteiger partial charge in [-0.25, -0.2) is 0 Å². The molecule has 3 N–H and O–H groups in total. The largest absolute Gasteiger partial charge is 0.481 e. The lowest BCUT2D eigenvalue weighted by atomic mass is 9.84. The molecule has 0 spiro atoms. The zero-order chi connectivity index (χ0) is 21.5. The number of aliphatic carboxylic acids is 1. The average molecular weight is 439 g/mol. The van der Waals surface area contributed by atoms with Crippen molar-refractivity contribution in [1.29, 1.82) is 0 Å². The molecule has 2 heterocycles.